The molecule has 1 aliphatic carbocycles. The summed E-state index contributed by atoms with van der Waals surface area (Å²) < 4.78 is 13.8. The Kier molecular flexibility index (Phi) is 4.59. The lowest BCUT2D eigenvalue weighted by Crippen LogP contribution is -2.12. The minimum absolute atomic E-state index is 0. The predicted octanol–water partition coefficient (Wildman–Crippen LogP) is 3.52. The SMILES string of the molecule is Cl.N[C@@H](CC1CC1)c1c(Br)ccc(F)c1O. The van der Waals surface area contributed by atoms with E-state index in [1.54, 1.807) is 6.07 Å². The molecule has 0 aliphatic heterocycles. The Morgan fingerprint density at radius 3 is 2.69 bits per heavy atom. The minimum atomic E-state index is -0.612. The Hall–Kier alpha value is -0.320. The van der Waals surface area contributed by atoms with E-state index < -0.39 is 5.82 Å². The van der Waals surface area contributed by atoms with Crippen LogP contribution in [0.3, 0.4) is 0 Å². The van der Waals surface area contributed by atoms with Crippen molar-refractivity contribution in [2.45, 2.75) is 25.3 Å². The molecule has 0 aromatic heterocycles. The van der Waals surface area contributed by atoms with Gasteiger partial charge in [-0.1, -0.05) is 28.8 Å². The highest BCUT2D eigenvalue weighted by Gasteiger charge is 2.27. The van der Waals surface area contributed by atoms with E-state index in [4.69, 9.17) is 5.73 Å². The maximum absolute atomic E-state index is 13.1. The number of aromatic hydroxyl groups is 1. The molecule has 1 atom stereocenters. The van der Waals surface area contributed by atoms with Gasteiger partial charge in [-0.15, -0.1) is 12.4 Å². The summed E-state index contributed by atoms with van der Waals surface area (Å²) in [5.41, 5.74) is 6.44. The van der Waals surface area contributed by atoms with Gasteiger partial charge in [0.25, 0.3) is 0 Å². The average Bonchev–Trinajstić information content (AvgIpc) is 2.96. The molecule has 1 aromatic rings. The van der Waals surface area contributed by atoms with Gasteiger partial charge >= 0.3 is 0 Å². The smallest absolute Gasteiger partial charge is 0.165 e. The Morgan fingerprint density at radius 2 is 2.12 bits per heavy atom. The van der Waals surface area contributed by atoms with Gasteiger partial charge < -0.3 is 10.8 Å². The van der Waals surface area contributed by atoms with E-state index in [0.717, 1.165) is 6.42 Å². The monoisotopic (exact) mass is 309 g/mol. The molecule has 2 nitrogen and oxygen atoms in total. The minimum Gasteiger partial charge on any atom is -0.505 e. The van der Waals surface area contributed by atoms with E-state index in [1.807, 2.05) is 0 Å². The maximum Gasteiger partial charge on any atom is 0.165 e. The van der Waals surface area contributed by atoms with Gasteiger partial charge in [0.05, 0.1) is 0 Å². The van der Waals surface area contributed by atoms with Gasteiger partial charge in [0.2, 0.25) is 0 Å². The molecule has 16 heavy (non-hydrogen) atoms. The van der Waals surface area contributed by atoms with Crippen LogP contribution in [0, 0.1) is 11.7 Å². The standard InChI is InChI=1S/C11H13BrFNO.ClH/c12-7-3-4-8(13)11(15)10(7)9(14)5-6-1-2-6;/h3-4,6,9,15H,1-2,5,14H2;1H/t9-;/m0./s1. The summed E-state index contributed by atoms with van der Waals surface area (Å²) in [7, 11) is 0. The summed E-state index contributed by atoms with van der Waals surface area (Å²) in [4.78, 5) is 0. The molecule has 0 heterocycles. The number of benzene rings is 1. The van der Waals surface area contributed by atoms with Crippen LogP contribution in [0.4, 0.5) is 4.39 Å². The molecule has 2 rings (SSSR count). The first kappa shape index (κ1) is 13.7. The number of phenols is 1. The largest absolute Gasteiger partial charge is 0.505 e. The van der Waals surface area contributed by atoms with Crippen LogP contribution in [0.1, 0.15) is 30.9 Å². The zero-order valence-corrected chi connectivity index (χ0v) is 11.0. The molecule has 1 aliphatic rings. The van der Waals surface area contributed by atoms with Crippen molar-refractivity contribution in [2.75, 3.05) is 0 Å². The van der Waals surface area contributed by atoms with Crippen molar-refractivity contribution < 1.29 is 9.50 Å². The van der Waals surface area contributed by atoms with E-state index in [-0.39, 0.29) is 24.2 Å². The van der Waals surface area contributed by atoms with Crippen LogP contribution in [0.25, 0.3) is 0 Å². The van der Waals surface area contributed by atoms with Gasteiger partial charge in [-0.25, -0.2) is 4.39 Å². The number of hydrogen-bond acceptors (Lipinski definition) is 2. The molecular weight excluding hydrogens is 296 g/mol. The van der Waals surface area contributed by atoms with Crippen LogP contribution in [0.2, 0.25) is 0 Å². The fourth-order valence-electron chi connectivity index (χ4n) is 1.74. The summed E-state index contributed by atoms with van der Waals surface area (Å²) in [6, 6.07) is 2.52. The van der Waals surface area contributed by atoms with Gasteiger partial charge in [-0.2, -0.15) is 0 Å². The summed E-state index contributed by atoms with van der Waals surface area (Å²) in [5.74, 6) is -0.286. The molecule has 0 amide bonds. The van der Waals surface area contributed by atoms with Gasteiger partial charge in [0.1, 0.15) is 0 Å². The van der Waals surface area contributed by atoms with Crippen molar-refractivity contribution >= 4 is 28.3 Å². The molecule has 0 bridgehead atoms. The van der Waals surface area contributed by atoms with Crippen molar-refractivity contribution in [3.63, 3.8) is 0 Å². The fraction of sp³-hybridized carbons (Fsp3) is 0.455. The molecule has 1 saturated carbocycles. The summed E-state index contributed by atoms with van der Waals surface area (Å²) >= 11 is 3.29. The number of rotatable bonds is 3. The van der Waals surface area contributed by atoms with Crippen LogP contribution >= 0.6 is 28.3 Å². The second-order valence-corrected chi connectivity index (χ2v) is 4.93. The molecule has 0 saturated heterocycles. The molecule has 5 heteroatoms. The third-order valence-corrected chi connectivity index (χ3v) is 3.46. The Balaban J connectivity index is 0.00000128. The summed E-state index contributed by atoms with van der Waals surface area (Å²) in [6.07, 6.45) is 3.21. The molecular formula is C11H14BrClFNO. The first-order valence-corrected chi connectivity index (χ1v) is 5.81. The Bertz CT molecular complexity index is 384. The van der Waals surface area contributed by atoms with Crippen molar-refractivity contribution in [3.05, 3.63) is 28.0 Å². The molecule has 0 spiro atoms. The van der Waals surface area contributed by atoms with Crippen LogP contribution in [0.15, 0.2) is 16.6 Å². The Morgan fingerprint density at radius 1 is 1.50 bits per heavy atom. The van der Waals surface area contributed by atoms with E-state index in [9.17, 15) is 9.50 Å². The first-order valence-electron chi connectivity index (χ1n) is 5.02. The van der Waals surface area contributed by atoms with Crippen molar-refractivity contribution in [2.24, 2.45) is 11.7 Å². The van der Waals surface area contributed by atoms with Crippen molar-refractivity contribution in [1.82, 2.24) is 0 Å². The lowest BCUT2D eigenvalue weighted by Gasteiger charge is -2.15. The number of phenolic OH excluding ortho intramolecular Hbond substituents is 1. The number of halogens is 3. The molecule has 3 N–H and O–H groups in total. The van der Waals surface area contributed by atoms with Gasteiger partial charge in [-0.05, 0) is 24.5 Å². The Labute approximate surface area is 109 Å². The molecule has 90 valence electrons. The molecule has 0 unspecified atom stereocenters. The van der Waals surface area contributed by atoms with Crippen LogP contribution in [0.5, 0.6) is 5.75 Å². The van der Waals surface area contributed by atoms with Gasteiger partial charge in [0.15, 0.2) is 11.6 Å². The lowest BCUT2D eigenvalue weighted by atomic mass is 10.0. The highest BCUT2D eigenvalue weighted by Crippen LogP contribution is 2.41. The molecule has 1 aromatic carbocycles. The van der Waals surface area contributed by atoms with Gasteiger partial charge in [0, 0.05) is 16.1 Å². The van der Waals surface area contributed by atoms with E-state index in [0.29, 0.717) is 16.0 Å². The molecule has 1 fully saturated rings. The van der Waals surface area contributed by atoms with Gasteiger partial charge in [-0.3, -0.25) is 0 Å². The van der Waals surface area contributed by atoms with Crippen LogP contribution < -0.4 is 5.73 Å². The molecule has 0 radical (unpaired) electrons. The third-order valence-electron chi connectivity index (χ3n) is 2.77. The van der Waals surface area contributed by atoms with E-state index in [1.165, 1.54) is 18.9 Å². The normalized spacial score (nSPS) is 16.7. The third kappa shape index (κ3) is 2.87. The van der Waals surface area contributed by atoms with Crippen molar-refractivity contribution in [3.8, 4) is 5.75 Å². The lowest BCUT2D eigenvalue weighted by molar-refractivity contribution is 0.416. The first-order chi connectivity index (χ1) is 7.09. The van der Waals surface area contributed by atoms with Crippen LogP contribution in [-0.2, 0) is 0 Å². The number of hydrogen-bond donors (Lipinski definition) is 2. The number of nitrogens with two attached hydrogens (primary N) is 1. The second-order valence-electron chi connectivity index (χ2n) is 4.08. The highest BCUT2D eigenvalue weighted by molar-refractivity contribution is 9.10. The van der Waals surface area contributed by atoms with E-state index >= 15 is 0 Å². The predicted molar refractivity (Wildman–Crippen MR) is 67.3 cm³/mol. The van der Waals surface area contributed by atoms with Crippen LogP contribution in [-0.4, -0.2) is 5.11 Å². The average molecular weight is 311 g/mol. The highest BCUT2D eigenvalue weighted by atomic mass is 79.9. The van der Waals surface area contributed by atoms with E-state index in [2.05, 4.69) is 15.9 Å². The zero-order chi connectivity index (χ0) is 11.0. The maximum atomic E-state index is 13.1. The topological polar surface area (TPSA) is 46.2 Å². The quantitative estimate of drug-likeness (QED) is 0.897. The zero-order valence-electron chi connectivity index (χ0n) is 8.62. The fourth-order valence-corrected chi connectivity index (χ4v) is 2.35. The summed E-state index contributed by atoms with van der Waals surface area (Å²) in [6.45, 7) is 0. The second kappa shape index (κ2) is 5.34. The van der Waals surface area contributed by atoms with Crippen molar-refractivity contribution in [1.29, 1.82) is 0 Å². The summed E-state index contributed by atoms with van der Waals surface area (Å²) in [5, 5.41) is 9.60.